The van der Waals surface area contributed by atoms with E-state index in [0.717, 1.165) is 32.8 Å². The minimum absolute atomic E-state index is 0.271. The van der Waals surface area contributed by atoms with E-state index in [4.69, 9.17) is 9.47 Å². The van der Waals surface area contributed by atoms with E-state index < -0.39 is 0 Å². The van der Waals surface area contributed by atoms with Crippen LogP contribution in [0.5, 0.6) is 0 Å². The maximum absolute atomic E-state index is 5.81. The number of hydrogen-bond acceptors (Lipinski definition) is 3. The first-order valence-electron chi connectivity index (χ1n) is 6.69. The highest BCUT2D eigenvalue weighted by atomic mass is 16.5. The maximum atomic E-state index is 5.81. The molecule has 0 saturated carbocycles. The van der Waals surface area contributed by atoms with E-state index in [9.17, 15) is 0 Å². The van der Waals surface area contributed by atoms with Crippen LogP contribution in [0.1, 0.15) is 23.6 Å². The molecular weight excluding hydrogens is 226 g/mol. The van der Waals surface area contributed by atoms with E-state index in [1.54, 1.807) is 0 Å². The summed E-state index contributed by atoms with van der Waals surface area (Å²) in [5.41, 5.74) is 2.57. The predicted molar refractivity (Wildman–Crippen MR) is 72.7 cm³/mol. The van der Waals surface area contributed by atoms with Crippen molar-refractivity contribution in [2.75, 3.05) is 33.5 Å². The van der Waals surface area contributed by atoms with Crippen molar-refractivity contribution >= 4 is 0 Å². The van der Waals surface area contributed by atoms with E-state index in [0.29, 0.717) is 5.92 Å². The standard InChI is InChI=1S/C15H23NO2/c1-12-3-5-14(6-4-12)15(16-2)11-18-10-13-7-8-17-9-13/h3-6,13,15-16H,7-11H2,1-2H3. The van der Waals surface area contributed by atoms with Crippen molar-refractivity contribution in [3.05, 3.63) is 35.4 Å². The average molecular weight is 249 g/mol. The fraction of sp³-hybridized carbons (Fsp3) is 0.600. The quantitative estimate of drug-likeness (QED) is 0.839. The minimum Gasteiger partial charge on any atom is -0.381 e. The number of nitrogens with one attached hydrogen (secondary N) is 1. The molecule has 0 aliphatic carbocycles. The van der Waals surface area contributed by atoms with E-state index in [1.807, 2.05) is 7.05 Å². The summed E-state index contributed by atoms with van der Waals surface area (Å²) in [6.07, 6.45) is 1.13. The van der Waals surface area contributed by atoms with Gasteiger partial charge in [0.15, 0.2) is 0 Å². The second-order valence-corrected chi connectivity index (χ2v) is 5.02. The van der Waals surface area contributed by atoms with Crippen molar-refractivity contribution in [1.29, 1.82) is 0 Å². The van der Waals surface area contributed by atoms with Gasteiger partial charge in [-0.1, -0.05) is 29.8 Å². The molecule has 2 unspecified atom stereocenters. The molecule has 1 aliphatic rings. The van der Waals surface area contributed by atoms with Crippen LogP contribution in [0.3, 0.4) is 0 Å². The highest BCUT2D eigenvalue weighted by Crippen LogP contribution is 2.16. The Kier molecular flexibility index (Phi) is 5.17. The molecule has 0 spiro atoms. The summed E-state index contributed by atoms with van der Waals surface area (Å²) in [6.45, 7) is 5.38. The lowest BCUT2D eigenvalue weighted by atomic mass is 10.1. The smallest absolute Gasteiger partial charge is 0.0661 e. The van der Waals surface area contributed by atoms with Gasteiger partial charge in [-0.3, -0.25) is 0 Å². The Morgan fingerprint density at radius 3 is 2.78 bits per heavy atom. The largest absolute Gasteiger partial charge is 0.381 e. The second kappa shape index (κ2) is 6.88. The molecule has 1 N–H and O–H groups in total. The zero-order chi connectivity index (χ0) is 12.8. The summed E-state index contributed by atoms with van der Waals surface area (Å²) in [7, 11) is 1.98. The van der Waals surface area contributed by atoms with Crippen molar-refractivity contribution in [1.82, 2.24) is 5.32 Å². The number of benzene rings is 1. The monoisotopic (exact) mass is 249 g/mol. The van der Waals surface area contributed by atoms with Gasteiger partial charge in [0.2, 0.25) is 0 Å². The molecule has 1 aromatic rings. The Labute approximate surface area is 109 Å². The van der Waals surface area contributed by atoms with Gasteiger partial charge < -0.3 is 14.8 Å². The van der Waals surface area contributed by atoms with Gasteiger partial charge in [0.25, 0.3) is 0 Å². The van der Waals surface area contributed by atoms with Crippen LogP contribution in [0, 0.1) is 12.8 Å². The van der Waals surface area contributed by atoms with Crippen molar-refractivity contribution in [2.24, 2.45) is 5.92 Å². The average Bonchev–Trinajstić information content (AvgIpc) is 2.89. The first-order chi connectivity index (χ1) is 8.79. The van der Waals surface area contributed by atoms with Crippen molar-refractivity contribution in [2.45, 2.75) is 19.4 Å². The summed E-state index contributed by atoms with van der Waals surface area (Å²) in [5.74, 6) is 0.584. The van der Waals surface area contributed by atoms with Crippen LogP contribution < -0.4 is 5.32 Å². The molecule has 100 valence electrons. The molecule has 1 heterocycles. The highest BCUT2D eigenvalue weighted by Gasteiger charge is 2.16. The van der Waals surface area contributed by atoms with Gasteiger partial charge >= 0.3 is 0 Å². The first-order valence-corrected chi connectivity index (χ1v) is 6.69. The highest BCUT2D eigenvalue weighted by molar-refractivity contribution is 5.24. The van der Waals surface area contributed by atoms with Gasteiger partial charge in [-0.25, -0.2) is 0 Å². The summed E-state index contributed by atoms with van der Waals surface area (Å²) in [4.78, 5) is 0. The molecule has 1 saturated heterocycles. The number of hydrogen-bond donors (Lipinski definition) is 1. The molecule has 2 rings (SSSR count). The summed E-state index contributed by atoms with van der Waals surface area (Å²) in [5, 5.41) is 3.31. The summed E-state index contributed by atoms with van der Waals surface area (Å²) in [6, 6.07) is 8.89. The lowest BCUT2D eigenvalue weighted by molar-refractivity contribution is 0.0758. The Bertz CT molecular complexity index is 344. The molecule has 1 fully saturated rings. The number of rotatable bonds is 6. The Morgan fingerprint density at radius 2 is 2.17 bits per heavy atom. The normalized spacial score (nSPS) is 21.1. The zero-order valence-corrected chi connectivity index (χ0v) is 11.3. The number of likely N-dealkylation sites (N-methyl/N-ethyl adjacent to an activating group) is 1. The zero-order valence-electron chi connectivity index (χ0n) is 11.3. The minimum atomic E-state index is 0.271. The summed E-state index contributed by atoms with van der Waals surface area (Å²) < 4.78 is 11.2. The van der Waals surface area contributed by atoms with E-state index >= 15 is 0 Å². The molecule has 3 nitrogen and oxygen atoms in total. The van der Waals surface area contributed by atoms with Crippen LogP contribution in [0.4, 0.5) is 0 Å². The molecule has 3 heteroatoms. The van der Waals surface area contributed by atoms with Crippen molar-refractivity contribution in [3.63, 3.8) is 0 Å². The van der Waals surface area contributed by atoms with Crippen molar-refractivity contribution < 1.29 is 9.47 Å². The lowest BCUT2D eigenvalue weighted by Gasteiger charge is -2.18. The Balaban J connectivity index is 1.79. The number of aryl methyl sites for hydroxylation is 1. The number of ether oxygens (including phenoxy) is 2. The molecule has 18 heavy (non-hydrogen) atoms. The fourth-order valence-electron chi connectivity index (χ4n) is 2.21. The lowest BCUT2D eigenvalue weighted by Crippen LogP contribution is -2.23. The van der Waals surface area contributed by atoms with Crippen LogP contribution in [-0.4, -0.2) is 33.5 Å². The van der Waals surface area contributed by atoms with Crippen LogP contribution in [-0.2, 0) is 9.47 Å². The topological polar surface area (TPSA) is 30.5 Å². The molecule has 1 aromatic carbocycles. The molecule has 0 aromatic heterocycles. The first kappa shape index (κ1) is 13.5. The summed E-state index contributed by atoms with van der Waals surface area (Å²) >= 11 is 0. The maximum Gasteiger partial charge on any atom is 0.0661 e. The van der Waals surface area contributed by atoms with E-state index in [-0.39, 0.29) is 6.04 Å². The van der Waals surface area contributed by atoms with Crippen LogP contribution in [0.2, 0.25) is 0 Å². The third-order valence-electron chi connectivity index (χ3n) is 3.49. The van der Waals surface area contributed by atoms with E-state index in [2.05, 4.69) is 36.5 Å². The molecule has 2 atom stereocenters. The third kappa shape index (κ3) is 3.80. The Morgan fingerprint density at radius 1 is 1.39 bits per heavy atom. The van der Waals surface area contributed by atoms with Crippen LogP contribution in [0.15, 0.2) is 24.3 Å². The van der Waals surface area contributed by atoms with E-state index in [1.165, 1.54) is 11.1 Å². The predicted octanol–water partition coefficient (Wildman–Crippen LogP) is 2.31. The molecular formula is C15H23NO2. The third-order valence-corrected chi connectivity index (χ3v) is 3.49. The van der Waals surface area contributed by atoms with Gasteiger partial charge in [-0.05, 0) is 26.0 Å². The van der Waals surface area contributed by atoms with Gasteiger partial charge in [-0.15, -0.1) is 0 Å². The molecule has 0 radical (unpaired) electrons. The van der Waals surface area contributed by atoms with Gasteiger partial charge in [0, 0.05) is 12.5 Å². The Hall–Kier alpha value is -0.900. The second-order valence-electron chi connectivity index (χ2n) is 5.02. The van der Waals surface area contributed by atoms with Crippen LogP contribution >= 0.6 is 0 Å². The molecule has 0 bridgehead atoms. The molecule has 0 amide bonds. The van der Waals surface area contributed by atoms with Gasteiger partial charge in [0.1, 0.15) is 0 Å². The van der Waals surface area contributed by atoms with Crippen molar-refractivity contribution in [3.8, 4) is 0 Å². The fourth-order valence-corrected chi connectivity index (χ4v) is 2.21. The van der Waals surface area contributed by atoms with Crippen LogP contribution in [0.25, 0.3) is 0 Å². The molecule has 1 aliphatic heterocycles. The SMILES string of the molecule is CNC(COCC1CCOC1)c1ccc(C)cc1. The van der Waals surface area contributed by atoms with Gasteiger partial charge in [0.05, 0.1) is 25.9 Å². The van der Waals surface area contributed by atoms with Gasteiger partial charge in [-0.2, -0.15) is 0 Å².